The van der Waals surface area contributed by atoms with Gasteiger partial charge in [-0.1, -0.05) is 39.2 Å². The van der Waals surface area contributed by atoms with E-state index in [0.29, 0.717) is 6.61 Å². The van der Waals surface area contributed by atoms with Gasteiger partial charge in [0.05, 0.1) is 12.0 Å². The standard InChI is InChI=1S/C16H31NO/c1-7-10-11-12-13-16(6,14(4)17-8-2)15(5)18-9-3/h5,7-13H2,1-4,6H3. The van der Waals surface area contributed by atoms with Gasteiger partial charge in [-0.3, -0.25) is 4.99 Å². The number of rotatable bonds is 10. The zero-order chi connectivity index (χ0) is 14.0. The Balaban J connectivity index is 4.69. The van der Waals surface area contributed by atoms with E-state index < -0.39 is 0 Å². The summed E-state index contributed by atoms with van der Waals surface area (Å²) in [7, 11) is 0. The van der Waals surface area contributed by atoms with Gasteiger partial charge in [0.1, 0.15) is 5.76 Å². The lowest BCUT2D eigenvalue weighted by Crippen LogP contribution is -2.29. The van der Waals surface area contributed by atoms with Crippen LogP contribution < -0.4 is 0 Å². The quantitative estimate of drug-likeness (QED) is 0.305. The lowest BCUT2D eigenvalue weighted by molar-refractivity contribution is 0.171. The Hall–Kier alpha value is -0.790. The highest BCUT2D eigenvalue weighted by atomic mass is 16.5. The molecular formula is C16H31NO. The van der Waals surface area contributed by atoms with Crippen molar-refractivity contribution in [3.05, 3.63) is 12.3 Å². The Morgan fingerprint density at radius 3 is 2.33 bits per heavy atom. The van der Waals surface area contributed by atoms with Gasteiger partial charge in [-0.15, -0.1) is 0 Å². The number of hydrogen-bond donors (Lipinski definition) is 0. The van der Waals surface area contributed by atoms with Crippen LogP contribution in [0.4, 0.5) is 0 Å². The number of allylic oxidation sites excluding steroid dienone is 1. The third-order valence-electron chi connectivity index (χ3n) is 3.66. The van der Waals surface area contributed by atoms with Crippen molar-refractivity contribution < 1.29 is 4.74 Å². The molecule has 0 heterocycles. The van der Waals surface area contributed by atoms with Gasteiger partial charge in [0, 0.05) is 12.3 Å². The predicted octanol–water partition coefficient (Wildman–Crippen LogP) is 4.99. The van der Waals surface area contributed by atoms with Crippen molar-refractivity contribution in [1.29, 1.82) is 0 Å². The highest BCUT2D eigenvalue weighted by molar-refractivity contribution is 5.90. The maximum atomic E-state index is 5.66. The lowest BCUT2D eigenvalue weighted by atomic mass is 9.78. The first-order chi connectivity index (χ1) is 8.52. The Morgan fingerprint density at radius 1 is 1.17 bits per heavy atom. The molecule has 0 aromatic heterocycles. The molecular weight excluding hydrogens is 222 g/mol. The molecule has 2 heteroatoms. The number of unbranched alkanes of at least 4 members (excludes halogenated alkanes) is 3. The minimum atomic E-state index is -0.0975. The maximum Gasteiger partial charge on any atom is 0.100 e. The van der Waals surface area contributed by atoms with Crippen molar-refractivity contribution in [2.24, 2.45) is 10.4 Å². The number of ether oxygens (including phenoxy) is 1. The molecule has 0 bridgehead atoms. The third kappa shape index (κ3) is 5.24. The number of aliphatic imine (C=N–C) groups is 1. The molecule has 0 saturated carbocycles. The van der Waals surface area contributed by atoms with Crippen LogP contribution in [0.3, 0.4) is 0 Å². The second kappa shape index (κ2) is 9.18. The van der Waals surface area contributed by atoms with Gasteiger partial charge in [-0.05, 0) is 34.1 Å². The Morgan fingerprint density at radius 2 is 1.83 bits per heavy atom. The predicted molar refractivity (Wildman–Crippen MR) is 81.3 cm³/mol. The van der Waals surface area contributed by atoms with Crippen LogP contribution in [-0.4, -0.2) is 18.9 Å². The molecule has 106 valence electrons. The van der Waals surface area contributed by atoms with Gasteiger partial charge < -0.3 is 4.74 Å². The number of nitrogens with zero attached hydrogens (tertiary/aromatic N) is 1. The van der Waals surface area contributed by atoms with E-state index in [4.69, 9.17) is 4.74 Å². The minimum Gasteiger partial charge on any atom is -0.498 e. The zero-order valence-electron chi connectivity index (χ0n) is 13.0. The van der Waals surface area contributed by atoms with E-state index in [9.17, 15) is 0 Å². The van der Waals surface area contributed by atoms with Crippen molar-refractivity contribution in [2.45, 2.75) is 66.7 Å². The summed E-state index contributed by atoms with van der Waals surface area (Å²) >= 11 is 0. The van der Waals surface area contributed by atoms with Crippen molar-refractivity contribution in [3.63, 3.8) is 0 Å². The van der Waals surface area contributed by atoms with Crippen LogP contribution in [0.25, 0.3) is 0 Å². The SMILES string of the molecule is C=C(OCC)C(C)(CCCCCC)C(C)=NCC. The van der Waals surface area contributed by atoms with E-state index in [0.717, 1.165) is 24.4 Å². The van der Waals surface area contributed by atoms with E-state index in [2.05, 4.69) is 39.3 Å². The maximum absolute atomic E-state index is 5.66. The normalized spacial score (nSPS) is 15.3. The molecule has 0 rings (SSSR count). The van der Waals surface area contributed by atoms with Crippen LogP contribution in [-0.2, 0) is 4.74 Å². The molecule has 0 aliphatic carbocycles. The van der Waals surface area contributed by atoms with E-state index in [1.54, 1.807) is 0 Å². The van der Waals surface area contributed by atoms with Crippen molar-refractivity contribution in [2.75, 3.05) is 13.2 Å². The highest BCUT2D eigenvalue weighted by Crippen LogP contribution is 2.34. The average Bonchev–Trinajstić information content (AvgIpc) is 2.35. The van der Waals surface area contributed by atoms with E-state index in [-0.39, 0.29) is 5.41 Å². The molecule has 2 nitrogen and oxygen atoms in total. The lowest BCUT2D eigenvalue weighted by Gasteiger charge is -2.31. The van der Waals surface area contributed by atoms with E-state index in [1.807, 2.05) is 6.92 Å². The fourth-order valence-corrected chi connectivity index (χ4v) is 2.17. The van der Waals surface area contributed by atoms with Crippen LogP contribution in [0.2, 0.25) is 0 Å². The van der Waals surface area contributed by atoms with Gasteiger partial charge >= 0.3 is 0 Å². The van der Waals surface area contributed by atoms with Crippen molar-refractivity contribution in [3.8, 4) is 0 Å². The first-order valence-corrected chi connectivity index (χ1v) is 7.36. The molecule has 0 fully saturated rings. The van der Waals surface area contributed by atoms with Crippen LogP contribution in [0.1, 0.15) is 66.7 Å². The third-order valence-corrected chi connectivity index (χ3v) is 3.66. The molecule has 0 radical (unpaired) electrons. The van der Waals surface area contributed by atoms with Crippen molar-refractivity contribution in [1.82, 2.24) is 0 Å². The highest BCUT2D eigenvalue weighted by Gasteiger charge is 2.32. The first kappa shape index (κ1) is 17.2. The Labute approximate surface area is 114 Å². The molecule has 0 aliphatic rings. The topological polar surface area (TPSA) is 21.6 Å². The number of hydrogen-bond acceptors (Lipinski definition) is 2. The molecule has 1 unspecified atom stereocenters. The molecule has 0 amide bonds. The second-order valence-electron chi connectivity index (χ2n) is 5.06. The van der Waals surface area contributed by atoms with Crippen LogP contribution >= 0.6 is 0 Å². The summed E-state index contributed by atoms with van der Waals surface area (Å²) in [5, 5.41) is 0. The molecule has 0 N–H and O–H groups in total. The second-order valence-corrected chi connectivity index (χ2v) is 5.06. The Kier molecular flexibility index (Phi) is 8.78. The monoisotopic (exact) mass is 253 g/mol. The zero-order valence-corrected chi connectivity index (χ0v) is 13.0. The summed E-state index contributed by atoms with van der Waals surface area (Å²) < 4.78 is 5.66. The van der Waals surface area contributed by atoms with E-state index in [1.165, 1.54) is 25.7 Å². The largest absolute Gasteiger partial charge is 0.498 e. The van der Waals surface area contributed by atoms with Crippen LogP contribution in [0.5, 0.6) is 0 Å². The van der Waals surface area contributed by atoms with Gasteiger partial charge in [0.25, 0.3) is 0 Å². The fourth-order valence-electron chi connectivity index (χ4n) is 2.17. The van der Waals surface area contributed by atoms with Gasteiger partial charge in [-0.25, -0.2) is 0 Å². The van der Waals surface area contributed by atoms with Crippen LogP contribution in [0.15, 0.2) is 17.3 Å². The first-order valence-electron chi connectivity index (χ1n) is 7.36. The molecule has 0 saturated heterocycles. The van der Waals surface area contributed by atoms with Crippen LogP contribution in [0, 0.1) is 5.41 Å². The summed E-state index contributed by atoms with van der Waals surface area (Å²) in [5.41, 5.74) is 1.06. The summed E-state index contributed by atoms with van der Waals surface area (Å²) in [6, 6.07) is 0. The molecule has 0 spiro atoms. The molecule has 0 aliphatic heterocycles. The summed E-state index contributed by atoms with van der Waals surface area (Å²) in [4.78, 5) is 4.57. The molecule has 0 aromatic rings. The van der Waals surface area contributed by atoms with Gasteiger partial charge in [0.2, 0.25) is 0 Å². The Bertz CT molecular complexity index is 270. The fraction of sp³-hybridized carbons (Fsp3) is 0.812. The van der Waals surface area contributed by atoms with Gasteiger partial charge in [0.15, 0.2) is 0 Å². The molecule has 0 aromatic carbocycles. The smallest absolute Gasteiger partial charge is 0.100 e. The molecule has 1 atom stereocenters. The van der Waals surface area contributed by atoms with Crippen molar-refractivity contribution >= 4 is 5.71 Å². The summed E-state index contributed by atoms with van der Waals surface area (Å²) in [6.07, 6.45) is 6.16. The van der Waals surface area contributed by atoms with Gasteiger partial charge in [-0.2, -0.15) is 0 Å². The summed E-state index contributed by atoms with van der Waals surface area (Å²) in [6.45, 7) is 16.3. The van der Waals surface area contributed by atoms with E-state index >= 15 is 0 Å². The molecule has 18 heavy (non-hydrogen) atoms. The average molecular weight is 253 g/mol. The minimum absolute atomic E-state index is 0.0975. The summed E-state index contributed by atoms with van der Waals surface area (Å²) in [5.74, 6) is 0.871.